The van der Waals surface area contributed by atoms with E-state index in [9.17, 15) is 9.59 Å². The van der Waals surface area contributed by atoms with Crippen molar-refractivity contribution in [1.82, 2.24) is 20.4 Å². The summed E-state index contributed by atoms with van der Waals surface area (Å²) in [5.74, 6) is 0.162. The predicted molar refractivity (Wildman–Crippen MR) is 119 cm³/mol. The highest BCUT2D eigenvalue weighted by molar-refractivity contribution is 7.15. The van der Waals surface area contributed by atoms with Gasteiger partial charge >= 0.3 is 6.03 Å². The van der Waals surface area contributed by atoms with Crippen molar-refractivity contribution in [2.24, 2.45) is 0 Å². The summed E-state index contributed by atoms with van der Waals surface area (Å²) in [6.07, 6.45) is 6.39. The third-order valence-corrected chi connectivity index (χ3v) is 6.82. The minimum absolute atomic E-state index is 0.250. The zero-order valence-electron chi connectivity index (χ0n) is 17.6. The quantitative estimate of drug-likeness (QED) is 0.715. The van der Waals surface area contributed by atoms with Gasteiger partial charge in [-0.3, -0.25) is 10.1 Å². The molecule has 2 N–H and O–H groups in total. The van der Waals surface area contributed by atoms with Gasteiger partial charge in [0.2, 0.25) is 11.0 Å². The lowest BCUT2D eigenvalue weighted by Gasteiger charge is -2.29. The van der Waals surface area contributed by atoms with Crippen molar-refractivity contribution in [1.29, 1.82) is 0 Å². The lowest BCUT2D eigenvalue weighted by atomic mass is 9.90. The first-order valence-corrected chi connectivity index (χ1v) is 11.8. The zero-order valence-corrected chi connectivity index (χ0v) is 18.4. The summed E-state index contributed by atoms with van der Waals surface area (Å²) < 4.78 is 5.31. The molecule has 1 aliphatic carbocycles. The predicted octanol–water partition coefficient (Wildman–Crippen LogP) is 3.18. The van der Waals surface area contributed by atoms with E-state index in [-0.39, 0.29) is 11.9 Å². The number of benzene rings is 1. The molecule has 0 bridgehead atoms. The lowest BCUT2D eigenvalue weighted by molar-refractivity contribution is -0.118. The van der Waals surface area contributed by atoms with Crippen LogP contribution in [-0.4, -0.2) is 59.4 Å². The number of morpholine rings is 1. The van der Waals surface area contributed by atoms with Gasteiger partial charge in [0.1, 0.15) is 11.0 Å². The van der Waals surface area contributed by atoms with Gasteiger partial charge < -0.3 is 15.0 Å². The van der Waals surface area contributed by atoms with Crippen LogP contribution < -0.4 is 10.6 Å². The smallest absolute Gasteiger partial charge is 0.318 e. The third-order valence-electron chi connectivity index (χ3n) is 5.82. The number of hydrogen-bond acceptors (Lipinski definition) is 6. The molecule has 31 heavy (non-hydrogen) atoms. The van der Waals surface area contributed by atoms with E-state index in [1.54, 1.807) is 4.90 Å². The lowest BCUT2D eigenvalue weighted by Crippen LogP contribution is -2.53. The highest BCUT2D eigenvalue weighted by Gasteiger charge is 2.27. The number of rotatable bonds is 6. The Morgan fingerprint density at radius 2 is 1.84 bits per heavy atom. The van der Waals surface area contributed by atoms with Gasteiger partial charge in [-0.15, -0.1) is 10.2 Å². The summed E-state index contributed by atoms with van der Waals surface area (Å²) in [5.41, 5.74) is 0.977. The molecule has 3 amide bonds. The van der Waals surface area contributed by atoms with Crippen LogP contribution in [0, 0.1) is 0 Å². The van der Waals surface area contributed by atoms with Crippen molar-refractivity contribution in [2.45, 2.75) is 50.5 Å². The maximum absolute atomic E-state index is 13.1. The monoisotopic (exact) mass is 443 g/mol. The molecule has 1 aliphatic heterocycles. The fourth-order valence-corrected chi connectivity index (χ4v) is 4.97. The van der Waals surface area contributed by atoms with E-state index in [1.807, 2.05) is 30.3 Å². The van der Waals surface area contributed by atoms with Crippen molar-refractivity contribution in [2.75, 3.05) is 31.6 Å². The van der Waals surface area contributed by atoms with Crippen LogP contribution in [0.5, 0.6) is 0 Å². The minimum Gasteiger partial charge on any atom is -0.378 e. The van der Waals surface area contributed by atoms with Crippen molar-refractivity contribution in [3.63, 3.8) is 0 Å². The molecule has 1 aromatic carbocycles. The number of amides is 3. The van der Waals surface area contributed by atoms with Crippen LogP contribution in [-0.2, 0) is 16.0 Å². The highest BCUT2D eigenvalue weighted by atomic mass is 32.1. The van der Waals surface area contributed by atoms with E-state index in [4.69, 9.17) is 4.74 Å². The number of ether oxygens (including phenoxy) is 1. The van der Waals surface area contributed by atoms with E-state index in [1.165, 1.54) is 30.6 Å². The number of nitrogens with one attached hydrogen (secondary N) is 2. The molecule has 0 radical (unpaired) electrons. The van der Waals surface area contributed by atoms with Crippen molar-refractivity contribution in [3.05, 3.63) is 40.9 Å². The topological polar surface area (TPSA) is 96.4 Å². The summed E-state index contributed by atoms with van der Waals surface area (Å²) in [5, 5.41) is 15.8. The highest BCUT2D eigenvalue weighted by Crippen LogP contribution is 2.35. The van der Waals surface area contributed by atoms with Gasteiger partial charge in [0.15, 0.2) is 0 Å². The van der Waals surface area contributed by atoms with Gasteiger partial charge in [-0.05, 0) is 18.4 Å². The summed E-state index contributed by atoms with van der Waals surface area (Å²) in [6, 6.07) is 8.73. The normalized spacial score (nSPS) is 18.4. The van der Waals surface area contributed by atoms with Crippen LogP contribution in [0.15, 0.2) is 30.3 Å². The van der Waals surface area contributed by atoms with Crippen LogP contribution in [0.1, 0.15) is 48.6 Å². The van der Waals surface area contributed by atoms with Gasteiger partial charge in [0.25, 0.3) is 0 Å². The van der Waals surface area contributed by atoms with E-state index in [0.29, 0.717) is 43.8 Å². The fourth-order valence-electron chi connectivity index (χ4n) is 4.06. The van der Waals surface area contributed by atoms with Gasteiger partial charge in [-0.2, -0.15) is 0 Å². The van der Waals surface area contributed by atoms with Crippen LogP contribution in [0.25, 0.3) is 0 Å². The number of nitrogens with zero attached hydrogens (tertiary/aromatic N) is 3. The summed E-state index contributed by atoms with van der Waals surface area (Å²) in [7, 11) is 0. The Labute approximate surface area is 186 Å². The van der Waals surface area contributed by atoms with Crippen LogP contribution in [0.3, 0.4) is 0 Å². The average Bonchev–Trinajstić information content (AvgIpc) is 3.29. The summed E-state index contributed by atoms with van der Waals surface area (Å²) in [4.78, 5) is 27.5. The van der Waals surface area contributed by atoms with Crippen LogP contribution in [0.2, 0.25) is 0 Å². The number of anilines is 1. The van der Waals surface area contributed by atoms with E-state index < -0.39 is 6.04 Å². The molecule has 9 heteroatoms. The Morgan fingerprint density at radius 1 is 1.10 bits per heavy atom. The maximum atomic E-state index is 13.1. The van der Waals surface area contributed by atoms with Crippen LogP contribution in [0.4, 0.5) is 9.93 Å². The van der Waals surface area contributed by atoms with Crippen molar-refractivity contribution >= 4 is 28.4 Å². The molecule has 2 heterocycles. The molecule has 0 unspecified atom stereocenters. The molecule has 4 rings (SSSR count). The minimum atomic E-state index is -0.709. The Morgan fingerprint density at radius 3 is 2.58 bits per heavy atom. The molecule has 1 aromatic heterocycles. The number of urea groups is 1. The zero-order chi connectivity index (χ0) is 21.5. The average molecular weight is 444 g/mol. The number of carbonyl (C=O) groups excluding carboxylic acids is 2. The number of carbonyl (C=O) groups is 2. The van der Waals surface area contributed by atoms with Gasteiger partial charge in [-0.25, -0.2) is 4.79 Å². The van der Waals surface area contributed by atoms with Gasteiger partial charge in [-0.1, -0.05) is 60.9 Å². The molecule has 2 aliphatic rings. The molecule has 1 atom stereocenters. The standard InChI is InChI=1S/C22H29N5O3S/c28-19(24-21-26-25-20(31-21)17-9-5-2-6-10-17)18(15-16-7-3-1-4-8-16)23-22(29)27-11-13-30-14-12-27/h1,3-4,7-8,17-18H,2,5-6,9-15H2,(H,23,29)(H,24,26,28)/t18-/m0/s1. The Balaban J connectivity index is 1.42. The molecular weight excluding hydrogens is 414 g/mol. The Hall–Kier alpha value is -2.52. The maximum Gasteiger partial charge on any atom is 0.318 e. The van der Waals surface area contributed by atoms with Crippen molar-refractivity contribution < 1.29 is 14.3 Å². The summed E-state index contributed by atoms with van der Waals surface area (Å²) >= 11 is 1.44. The molecule has 8 nitrogen and oxygen atoms in total. The largest absolute Gasteiger partial charge is 0.378 e. The third kappa shape index (κ3) is 6.01. The second-order valence-corrected chi connectivity index (χ2v) is 9.07. The molecule has 0 spiro atoms. The second kappa shape index (κ2) is 10.7. The fraction of sp³-hybridized carbons (Fsp3) is 0.545. The van der Waals surface area contributed by atoms with E-state index >= 15 is 0 Å². The molecule has 2 aromatic rings. The van der Waals surface area contributed by atoms with Gasteiger partial charge in [0, 0.05) is 25.4 Å². The SMILES string of the molecule is O=C(Nc1nnc(C2CCCCC2)s1)[C@H](Cc1ccccc1)NC(=O)N1CCOCC1. The number of aromatic nitrogens is 2. The second-order valence-electron chi connectivity index (χ2n) is 8.06. The Bertz CT molecular complexity index is 863. The molecule has 1 saturated carbocycles. The molecule has 1 saturated heterocycles. The molecule has 166 valence electrons. The van der Waals surface area contributed by atoms with Crippen LogP contribution >= 0.6 is 11.3 Å². The van der Waals surface area contributed by atoms with E-state index in [0.717, 1.165) is 23.4 Å². The summed E-state index contributed by atoms with van der Waals surface area (Å²) in [6.45, 7) is 2.06. The van der Waals surface area contributed by atoms with E-state index in [2.05, 4.69) is 20.8 Å². The first kappa shape index (κ1) is 21.7. The number of hydrogen-bond donors (Lipinski definition) is 2. The molecular formula is C22H29N5O3S. The molecule has 2 fully saturated rings. The first-order chi connectivity index (χ1) is 15.2. The first-order valence-electron chi connectivity index (χ1n) is 11.0. The van der Waals surface area contributed by atoms with Gasteiger partial charge in [0.05, 0.1) is 13.2 Å². The van der Waals surface area contributed by atoms with Crippen molar-refractivity contribution in [3.8, 4) is 0 Å². The Kier molecular flexibility index (Phi) is 7.48.